The fourth-order valence-corrected chi connectivity index (χ4v) is 1.09. The zero-order valence-electron chi connectivity index (χ0n) is 8.14. The molecule has 0 radical (unpaired) electrons. The van der Waals surface area contributed by atoms with E-state index in [0.29, 0.717) is 6.61 Å². The molecule has 14 heavy (non-hydrogen) atoms. The van der Waals surface area contributed by atoms with Crippen LogP contribution in [0.25, 0.3) is 0 Å². The van der Waals surface area contributed by atoms with Gasteiger partial charge < -0.3 is 0 Å². The molecule has 0 fully saturated rings. The molecule has 1 rings (SSSR count). The van der Waals surface area contributed by atoms with Gasteiger partial charge in [0, 0.05) is 0 Å². The van der Waals surface area contributed by atoms with E-state index < -0.39 is 0 Å². The number of benzene rings is 1. The molecule has 0 bridgehead atoms. The number of rotatable bonds is 5. The average molecular weight is 191 g/mol. The van der Waals surface area contributed by atoms with E-state index in [-0.39, 0.29) is 12.5 Å². The van der Waals surface area contributed by atoms with Gasteiger partial charge in [0.15, 0.2) is 0 Å². The van der Waals surface area contributed by atoms with Gasteiger partial charge in [-0.05, 0) is 12.5 Å². The number of hydrogen-bond donors (Lipinski definition) is 0. The van der Waals surface area contributed by atoms with Crippen molar-refractivity contribution < 1.29 is 9.78 Å². The van der Waals surface area contributed by atoms with Crippen molar-refractivity contribution in [3.63, 3.8) is 0 Å². The maximum Gasteiger partial charge on any atom is 0.102 e. The highest BCUT2D eigenvalue weighted by Crippen LogP contribution is 2.14. The maximum atomic E-state index is 8.89. The van der Waals surface area contributed by atoms with Gasteiger partial charge in [-0.2, -0.15) is 5.26 Å². The highest BCUT2D eigenvalue weighted by molar-refractivity contribution is 5.24. The zero-order valence-corrected chi connectivity index (χ0v) is 8.14. The van der Waals surface area contributed by atoms with Crippen molar-refractivity contribution >= 4 is 0 Å². The number of nitrogens with zero attached hydrogens (tertiary/aromatic N) is 1. The van der Waals surface area contributed by atoms with Crippen LogP contribution in [0.2, 0.25) is 0 Å². The second-order valence-electron chi connectivity index (χ2n) is 2.78. The van der Waals surface area contributed by atoms with Crippen molar-refractivity contribution in [3.05, 3.63) is 35.9 Å². The van der Waals surface area contributed by atoms with E-state index in [0.717, 1.165) is 5.56 Å². The third-order valence-corrected chi connectivity index (χ3v) is 1.79. The first-order valence-corrected chi connectivity index (χ1v) is 4.57. The van der Waals surface area contributed by atoms with Crippen LogP contribution in [0.4, 0.5) is 0 Å². The molecule has 1 aromatic rings. The summed E-state index contributed by atoms with van der Waals surface area (Å²) in [4.78, 5) is 9.60. The molecule has 1 aromatic carbocycles. The van der Waals surface area contributed by atoms with E-state index in [9.17, 15) is 0 Å². The minimum Gasteiger partial charge on any atom is -0.237 e. The fourth-order valence-electron chi connectivity index (χ4n) is 1.09. The standard InChI is InChI=1S/C11H13NO2/c1-2-13-14-9-11(8-12)10-6-4-3-5-7-10/h3-7,11H,2,9H2,1H3. The highest BCUT2D eigenvalue weighted by Gasteiger charge is 2.10. The zero-order chi connectivity index (χ0) is 10.2. The second-order valence-corrected chi connectivity index (χ2v) is 2.78. The predicted molar refractivity (Wildman–Crippen MR) is 52.4 cm³/mol. The quantitative estimate of drug-likeness (QED) is 0.407. The van der Waals surface area contributed by atoms with Crippen molar-refractivity contribution in [2.45, 2.75) is 12.8 Å². The summed E-state index contributed by atoms with van der Waals surface area (Å²) in [6.45, 7) is 2.60. The summed E-state index contributed by atoms with van der Waals surface area (Å²) < 4.78 is 0. The van der Waals surface area contributed by atoms with Gasteiger partial charge in [-0.3, -0.25) is 0 Å². The summed E-state index contributed by atoms with van der Waals surface area (Å²) in [5, 5.41) is 8.89. The summed E-state index contributed by atoms with van der Waals surface area (Å²) in [5.41, 5.74) is 0.953. The first kappa shape index (κ1) is 10.7. The van der Waals surface area contributed by atoms with E-state index in [1.165, 1.54) is 0 Å². The molecule has 0 spiro atoms. The van der Waals surface area contributed by atoms with Crippen molar-refractivity contribution in [1.82, 2.24) is 0 Å². The Morgan fingerprint density at radius 3 is 2.57 bits per heavy atom. The van der Waals surface area contributed by atoms with E-state index in [4.69, 9.17) is 15.0 Å². The summed E-state index contributed by atoms with van der Waals surface area (Å²) in [6.07, 6.45) is 0. The van der Waals surface area contributed by atoms with Gasteiger partial charge >= 0.3 is 0 Å². The molecule has 1 atom stereocenters. The van der Waals surface area contributed by atoms with Crippen LogP contribution < -0.4 is 0 Å². The Morgan fingerprint density at radius 1 is 1.29 bits per heavy atom. The van der Waals surface area contributed by atoms with E-state index in [1.807, 2.05) is 37.3 Å². The minimum atomic E-state index is -0.261. The second kappa shape index (κ2) is 6.14. The summed E-state index contributed by atoms with van der Waals surface area (Å²) in [6, 6.07) is 11.7. The van der Waals surface area contributed by atoms with Crippen LogP contribution in [-0.2, 0) is 9.78 Å². The Hall–Kier alpha value is -1.37. The molecule has 0 heterocycles. The molecule has 0 saturated heterocycles. The van der Waals surface area contributed by atoms with Crippen LogP contribution in [0, 0.1) is 11.3 Å². The molecule has 0 saturated carbocycles. The van der Waals surface area contributed by atoms with E-state index in [1.54, 1.807) is 0 Å². The van der Waals surface area contributed by atoms with Gasteiger partial charge in [0.1, 0.15) is 6.61 Å². The Morgan fingerprint density at radius 2 is 2.00 bits per heavy atom. The van der Waals surface area contributed by atoms with Crippen molar-refractivity contribution in [2.24, 2.45) is 0 Å². The van der Waals surface area contributed by atoms with E-state index >= 15 is 0 Å². The molecule has 0 aliphatic carbocycles. The smallest absolute Gasteiger partial charge is 0.102 e. The lowest BCUT2D eigenvalue weighted by Gasteiger charge is -2.08. The molecule has 1 unspecified atom stereocenters. The van der Waals surface area contributed by atoms with Crippen molar-refractivity contribution in [2.75, 3.05) is 13.2 Å². The summed E-state index contributed by atoms with van der Waals surface area (Å²) in [7, 11) is 0. The molecule has 0 aromatic heterocycles. The lowest BCUT2D eigenvalue weighted by atomic mass is 10.0. The Bertz CT molecular complexity index is 292. The summed E-state index contributed by atoms with van der Waals surface area (Å²) >= 11 is 0. The molecule has 0 aliphatic rings. The van der Waals surface area contributed by atoms with Crippen molar-refractivity contribution in [3.8, 4) is 6.07 Å². The highest BCUT2D eigenvalue weighted by atomic mass is 17.2. The number of hydrogen-bond acceptors (Lipinski definition) is 3. The normalized spacial score (nSPS) is 12.0. The average Bonchev–Trinajstić information content (AvgIpc) is 2.26. The maximum absolute atomic E-state index is 8.89. The first-order chi connectivity index (χ1) is 6.88. The predicted octanol–water partition coefficient (Wildman–Crippen LogP) is 2.26. The third-order valence-electron chi connectivity index (χ3n) is 1.79. The largest absolute Gasteiger partial charge is 0.237 e. The van der Waals surface area contributed by atoms with Crippen LogP contribution in [0.3, 0.4) is 0 Å². The van der Waals surface area contributed by atoms with Crippen LogP contribution in [-0.4, -0.2) is 13.2 Å². The van der Waals surface area contributed by atoms with Gasteiger partial charge in [-0.25, -0.2) is 9.78 Å². The topological polar surface area (TPSA) is 42.2 Å². The third kappa shape index (κ3) is 3.17. The molecule has 0 N–H and O–H groups in total. The number of nitriles is 1. The molecule has 3 nitrogen and oxygen atoms in total. The van der Waals surface area contributed by atoms with Gasteiger partial charge in [0.05, 0.1) is 18.6 Å². The molecule has 3 heteroatoms. The van der Waals surface area contributed by atoms with Gasteiger partial charge in [-0.1, -0.05) is 30.3 Å². The lowest BCUT2D eigenvalue weighted by molar-refractivity contribution is -0.292. The first-order valence-electron chi connectivity index (χ1n) is 4.57. The fraction of sp³-hybridized carbons (Fsp3) is 0.364. The molecule has 0 amide bonds. The van der Waals surface area contributed by atoms with Gasteiger partial charge in [0.2, 0.25) is 0 Å². The lowest BCUT2D eigenvalue weighted by Crippen LogP contribution is -2.06. The van der Waals surface area contributed by atoms with Gasteiger partial charge in [-0.15, -0.1) is 0 Å². The molecule has 0 aliphatic heterocycles. The Balaban J connectivity index is 2.52. The van der Waals surface area contributed by atoms with E-state index in [2.05, 4.69) is 6.07 Å². The molecular weight excluding hydrogens is 178 g/mol. The van der Waals surface area contributed by atoms with Crippen LogP contribution in [0.15, 0.2) is 30.3 Å². The minimum absolute atomic E-state index is 0.261. The summed E-state index contributed by atoms with van der Waals surface area (Å²) in [5.74, 6) is -0.261. The Kier molecular flexibility index (Phi) is 4.70. The molecule has 74 valence electrons. The SMILES string of the molecule is CCOOCC(C#N)c1ccccc1. The van der Waals surface area contributed by atoms with Gasteiger partial charge in [0.25, 0.3) is 0 Å². The van der Waals surface area contributed by atoms with Crippen LogP contribution in [0.1, 0.15) is 18.4 Å². The van der Waals surface area contributed by atoms with Crippen LogP contribution in [0.5, 0.6) is 0 Å². The molecular formula is C11H13NO2. The van der Waals surface area contributed by atoms with Crippen LogP contribution >= 0.6 is 0 Å². The Labute approximate surface area is 83.8 Å². The monoisotopic (exact) mass is 191 g/mol. The van der Waals surface area contributed by atoms with Crippen molar-refractivity contribution in [1.29, 1.82) is 5.26 Å².